The summed E-state index contributed by atoms with van der Waals surface area (Å²) in [5.74, 6) is 1.64. The number of guanidine groups is 1. The Kier molecular flexibility index (Phi) is 6.94. The third-order valence-corrected chi connectivity index (χ3v) is 4.83. The zero-order valence-electron chi connectivity index (χ0n) is 15.7. The Balaban J connectivity index is 1.57. The maximum atomic E-state index is 11.9. The molecule has 144 valence electrons. The van der Waals surface area contributed by atoms with Gasteiger partial charge in [-0.1, -0.05) is 6.42 Å². The highest BCUT2D eigenvalue weighted by Gasteiger charge is 2.25. The van der Waals surface area contributed by atoms with Gasteiger partial charge in [-0.15, -0.1) is 0 Å². The van der Waals surface area contributed by atoms with Gasteiger partial charge in [-0.3, -0.25) is 9.69 Å². The van der Waals surface area contributed by atoms with Crippen molar-refractivity contribution in [3.05, 3.63) is 24.2 Å². The number of rotatable bonds is 8. The van der Waals surface area contributed by atoms with Crippen molar-refractivity contribution in [2.45, 2.75) is 51.1 Å². The fraction of sp³-hybridized carbons (Fsp3) is 0.684. The van der Waals surface area contributed by atoms with Crippen LogP contribution in [0.2, 0.25) is 0 Å². The molecule has 0 radical (unpaired) electrons. The largest absolute Gasteiger partial charge is 0.468 e. The second kappa shape index (κ2) is 9.62. The molecule has 3 N–H and O–H groups in total. The van der Waals surface area contributed by atoms with Gasteiger partial charge < -0.3 is 20.4 Å². The summed E-state index contributed by atoms with van der Waals surface area (Å²) in [4.78, 5) is 18.8. The van der Waals surface area contributed by atoms with Gasteiger partial charge in [0.05, 0.1) is 12.3 Å². The van der Waals surface area contributed by atoms with E-state index in [0.717, 1.165) is 38.2 Å². The number of carbonyl (C=O) groups is 1. The molecule has 26 heavy (non-hydrogen) atoms. The maximum absolute atomic E-state index is 11.9. The fourth-order valence-electron chi connectivity index (χ4n) is 3.31. The Hall–Kier alpha value is -2.02. The number of carbonyl (C=O) groups excluding carboxylic acids is 1. The van der Waals surface area contributed by atoms with Crippen molar-refractivity contribution < 1.29 is 9.21 Å². The third kappa shape index (κ3) is 5.76. The first kappa shape index (κ1) is 18.8. The van der Waals surface area contributed by atoms with E-state index in [4.69, 9.17) is 4.42 Å². The first-order chi connectivity index (χ1) is 12.8. The molecule has 7 heteroatoms. The van der Waals surface area contributed by atoms with Crippen LogP contribution in [0.5, 0.6) is 0 Å². The number of hydrogen-bond acceptors (Lipinski definition) is 4. The lowest BCUT2D eigenvalue weighted by Crippen LogP contribution is -2.44. The molecule has 1 atom stereocenters. The number of likely N-dealkylation sites (tertiary alicyclic amines) is 1. The zero-order valence-corrected chi connectivity index (χ0v) is 15.7. The summed E-state index contributed by atoms with van der Waals surface area (Å²) >= 11 is 0. The minimum Gasteiger partial charge on any atom is -0.468 e. The highest BCUT2D eigenvalue weighted by atomic mass is 16.3. The predicted molar refractivity (Wildman–Crippen MR) is 102 cm³/mol. The van der Waals surface area contributed by atoms with Crippen LogP contribution in [-0.4, -0.2) is 55.5 Å². The molecule has 1 amide bonds. The normalized spacial score (nSPS) is 19.8. The van der Waals surface area contributed by atoms with E-state index < -0.39 is 0 Å². The van der Waals surface area contributed by atoms with E-state index in [1.165, 1.54) is 19.3 Å². The van der Waals surface area contributed by atoms with Crippen LogP contribution >= 0.6 is 0 Å². The number of nitrogens with one attached hydrogen (secondary N) is 3. The lowest BCUT2D eigenvalue weighted by atomic mass is 10.1. The molecular weight excluding hydrogens is 330 g/mol. The van der Waals surface area contributed by atoms with E-state index in [1.807, 2.05) is 19.1 Å². The second-order valence-electron chi connectivity index (χ2n) is 7.05. The molecule has 1 aromatic heterocycles. The number of aliphatic imine (C=N–C) groups is 1. The van der Waals surface area contributed by atoms with E-state index in [1.54, 1.807) is 6.26 Å². The molecule has 0 spiro atoms. The van der Waals surface area contributed by atoms with Crippen LogP contribution in [0, 0.1) is 0 Å². The molecule has 2 heterocycles. The summed E-state index contributed by atoms with van der Waals surface area (Å²) in [6.07, 6.45) is 7.67. The van der Waals surface area contributed by atoms with Crippen LogP contribution in [-0.2, 0) is 4.79 Å². The van der Waals surface area contributed by atoms with Gasteiger partial charge in [0.2, 0.25) is 5.91 Å². The van der Waals surface area contributed by atoms with Gasteiger partial charge in [0.1, 0.15) is 12.3 Å². The van der Waals surface area contributed by atoms with Crippen molar-refractivity contribution in [2.75, 3.05) is 32.7 Å². The maximum Gasteiger partial charge on any atom is 0.242 e. The van der Waals surface area contributed by atoms with E-state index in [9.17, 15) is 4.79 Å². The van der Waals surface area contributed by atoms with E-state index in [2.05, 4.69) is 25.8 Å². The number of hydrogen-bond donors (Lipinski definition) is 3. The van der Waals surface area contributed by atoms with Gasteiger partial charge in [-0.2, -0.15) is 0 Å². The standard InChI is InChI=1S/C19H31N5O2/c1-2-20-19(22-14-18(25)23-15-8-9-15)21-13-16(17-7-6-12-26-17)24-10-4-3-5-11-24/h6-7,12,15-16H,2-5,8-11,13-14H2,1H3,(H,23,25)(H2,20,21,22). The molecule has 3 rings (SSSR count). The minimum absolute atomic E-state index is 0.0108. The monoisotopic (exact) mass is 361 g/mol. The predicted octanol–water partition coefficient (Wildman–Crippen LogP) is 1.64. The third-order valence-electron chi connectivity index (χ3n) is 4.83. The Morgan fingerprint density at radius 3 is 2.77 bits per heavy atom. The van der Waals surface area contributed by atoms with Crippen LogP contribution in [0.3, 0.4) is 0 Å². The average Bonchev–Trinajstić information content (AvgIpc) is 3.30. The van der Waals surface area contributed by atoms with Crippen molar-refractivity contribution in [1.29, 1.82) is 0 Å². The number of piperidine rings is 1. The van der Waals surface area contributed by atoms with E-state index >= 15 is 0 Å². The summed E-state index contributed by atoms with van der Waals surface area (Å²) in [7, 11) is 0. The Morgan fingerprint density at radius 1 is 1.31 bits per heavy atom. The highest BCUT2D eigenvalue weighted by molar-refractivity contribution is 5.85. The van der Waals surface area contributed by atoms with Gasteiger partial charge >= 0.3 is 0 Å². The SMILES string of the molecule is CCNC(=NCC(=O)NC1CC1)NCC(c1ccco1)N1CCCCC1. The molecule has 0 aromatic carbocycles. The van der Waals surface area contributed by atoms with Gasteiger partial charge in [-0.25, -0.2) is 4.99 Å². The van der Waals surface area contributed by atoms with Crippen molar-refractivity contribution in [3.63, 3.8) is 0 Å². The van der Waals surface area contributed by atoms with Crippen LogP contribution in [0.1, 0.15) is 50.8 Å². The van der Waals surface area contributed by atoms with Crippen molar-refractivity contribution in [1.82, 2.24) is 20.9 Å². The van der Waals surface area contributed by atoms with Gasteiger partial charge in [0.15, 0.2) is 5.96 Å². The molecule has 1 saturated carbocycles. The Morgan fingerprint density at radius 2 is 2.12 bits per heavy atom. The molecule has 2 aliphatic rings. The molecule has 1 aromatic rings. The quantitative estimate of drug-likeness (QED) is 0.484. The van der Waals surface area contributed by atoms with Gasteiger partial charge in [0.25, 0.3) is 0 Å². The van der Waals surface area contributed by atoms with Crippen molar-refractivity contribution >= 4 is 11.9 Å². The fourth-order valence-corrected chi connectivity index (χ4v) is 3.31. The lowest BCUT2D eigenvalue weighted by molar-refractivity contribution is -0.119. The van der Waals surface area contributed by atoms with E-state index in [0.29, 0.717) is 18.5 Å². The Labute approximate surface area is 155 Å². The molecule has 7 nitrogen and oxygen atoms in total. The van der Waals surface area contributed by atoms with E-state index in [-0.39, 0.29) is 18.5 Å². The zero-order chi connectivity index (χ0) is 18.2. The number of furan rings is 1. The van der Waals surface area contributed by atoms with Crippen molar-refractivity contribution in [2.24, 2.45) is 4.99 Å². The molecule has 1 saturated heterocycles. The number of nitrogens with zero attached hydrogens (tertiary/aromatic N) is 2. The van der Waals surface area contributed by atoms with Crippen molar-refractivity contribution in [3.8, 4) is 0 Å². The highest BCUT2D eigenvalue weighted by Crippen LogP contribution is 2.24. The summed E-state index contributed by atoms with van der Waals surface area (Å²) in [6, 6.07) is 4.52. The summed E-state index contributed by atoms with van der Waals surface area (Å²) in [5.41, 5.74) is 0. The van der Waals surface area contributed by atoms with Gasteiger partial charge in [-0.05, 0) is 57.8 Å². The van der Waals surface area contributed by atoms with Crippen LogP contribution in [0.25, 0.3) is 0 Å². The van der Waals surface area contributed by atoms with Gasteiger partial charge in [0, 0.05) is 19.1 Å². The number of amides is 1. The smallest absolute Gasteiger partial charge is 0.242 e. The summed E-state index contributed by atoms with van der Waals surface area (Å²) < 4.78 is 5.68. The Bertz CT molecular complexity index is 577. The topological polar surface area (TPSA) is 81.9 Å². The van der Waals surface area contributed by atoms with Crippen LogP contribution in [0.15, 0.2) is 27.8 Å². The second-order valence-corrected chi connectivity index (χ2v) is 7.05. The summed E-state index contributed by atoms with van der Waals surface area (Å²) in [5, 5.41) is 9.57. The first-order valence-electron chi connectivity index (χ1n) is 9.85. The molecule has 1 aliphatic heterocycles. The molecule has 0 bridgehead atoms. The summed E-state index contributed by atoms with van der Waals surface area (Å²) in [6.45, 7) is 5.81. The molecular formula is C19H31N5O2. The molecule has 2 fully saturated rings. The molecule has 1 aliphatic carbocycles. The van der Waals surface area contributed by atoms with Crippen LogP contribution in [0.4, 0.5) is 0 Å². The van der Waals surface area contributed by atoms with Crippen LogP contribution < -0.4 is 16.0 Å². The first-order valence-corrected chi connectivity index (χ1v) is 9.85. The average molecular weight is 361 g/mol. The lowest BCUT2D eigenvalue weighted by Gasteiger charge is -2.33. The molecule has 1 unspecified atom stereocenters. The minimum atomic E-state index is -0.0108.